The van der Waals surface area contributed by atoms with E-state index < -0.39 is 5.41 Å². The number of morpholine rings is 1. The van der Waals surface area contributed by atoms with E-state index in [0.717, 1.165) is 18.5 Å². The molecule has 0 radical (unpaired) electrons. The molecule has 2 saturated heterocycles. The molecule has 8 nitrogen and oxygen atoms in total. The molecule has 1 atom stereocenters. The summed E-state index contributed by atoms with van der Waals surface area (Å²) in [5.74, 6) is 0.708. The zero-order valence-corrected chi connectivity index (χ0v) is 20.7. The maximum Gasteiger partial charge on any atom is 0.257 e. The van der Waals surface area contributed by atoms with E-state index in [9.17, 15) is 9.59 Å². The van der Waals surface area contributed by atoms with E-state index in [-0.39, 0.29) is 11.8 Å². The van der Waals surface area contributed by atoms with Crippen molar-refractivity contribution in [2.75, 3.05) is 46.0 Å². The molecule has 9 heteroatoms. The van der Waals surface area contributed by atoms with E-state index in [1.54, 1.807) is 16.8 Å². The van der Waals surface area contributed by atoms with Gasteiger partial charge in [-0.1, -0.05) is 17.7 Å². The molecule has 0 N–H and O–H groups in total. The minimum Gasteiger partial charge on any atom is -0.493 e. The molecule has 0 aliphatic carbocycles. The highest BCUT2D eigenvalue weighted by Gasteiger charge is 2.41. The Morgan fingerprint density at radius 3 is 2.71 bits per heavy atom. The number of nitrogens with zero attached hydrogens (tertiary/aromatic N) is 4. The SMILES string of the molecule is CCn1cc(C(=O)N2CCCC(COc3cccc(Cl)c3)(CC(=O)N3CCOCC3)C2)c(C)n1. The predicted octanol–water partition coefficient (Wildman–Crippen LogP) is 3.42. The van der Waals surface area contributed by atoms with Gasteiger partial charge in [-0.15, -0.1) is 0 Å². The second-order valence-corrected chi connectivity index (χ2v) is 9.67. The van der Waals surface area contributed by atoms with E-state index in [1.165, 1.54) is 0 Å². The molecule has 0 spiro atoms. The lowest BCUT2D eigenvalue weighted by molar-refractivity contribution is -0.139. The van der Waals surface area contributed by atoms with Crippen molar-refractivity contribution >= 4 is 23.4 Å². The molecule has 2 fully saturated rings. The number of carbonyl (C=O) groups excluding carboxylic acids is 2. The third-order valence-electron chi connectivity index (χ3n) is 6.68. The topological polar surface area (TPSA) is 76.9 Å². The summed E-state index contributed by atoms with van der Waals surface area (Å²) in [4.78, 5) is 30.4. The van der Waals surface area contributed by atoms with Crippen molar-refractivity contribution in [3.8, 4) is 5.75 Å². The first kappa shape index (κ1) is 24.5. The Morgan fingerprint density at radius 1 is 1.21 bits per heavy atom. The fourth-order valence-corrected chi connectivity index (χ4v) is 4.97. The summed E-state index contributed by atoms with van der Waals surface area (Å²) in [6.45, 7) is 8.33. The number of rotatable bonds is 7. The monoisotopic (exact) mass is 488 g/mol. The van der Waals surface area contributed by atoms with Gasteiger partial charge in [0.1, 0.15) is 5.75 Å². The van der Waals surface area contributed by atoms with Gasteiger partial charge in [0.05, 0.1) is 31.1 Å². The van der Waals surface area contributed by atoms with Crippen LogP contribution in [0.4, 0.5) is 0 Å². The molecule has 1 aromatic carbocycles. The van der Waals surface area contributed by atoms with Crippen LogP contribution in [0.5, 0.6) is 5.75 Å². The van der Waals surface area contributed by atoms with Gasteiger partial charge < -0.3 is 19.3 Å². The van der Waals surface area contributed by atoms with E-state index in [1.807, 2.05) is 42.0 Å². The first-order valence-electron chi connectivity index (χ1n) is 12.0. The summed E-state index contributed by atoms with van der Waals surface area (Å²) >= 11 is 6.13. The molecule has 2 aliphatic rings. The average molecular weight is 489 g/mol. The fraction of sp³-hybridized carbons (Fsp3) is 0.560. The Hall–Kier alpha value is -2.58. The minimum atomic E-state index is -0.486. The van der Waals surface area contributed by atoms with E-state index >= 15 is 0 Å². The molecule has 2 aliphatic heterocycles. The number of benzene rings is 1. The number of hydrogen-bond donors (Lipinski definition) is 0. The van der Waals surface area contributed by atoms with Crippen molar-refractivity contribution in [2.24, 2.45) is 5.41 Å². The van der Waals surface area contributed by atoms with E-state index in [0.29, 0.717) is 75.3 Å². The van der Waals surface area contributed by atoms with Crippen LogP contribution in [0.2, 0.25) is 5.02 Å². The lowest BCUT2D eigenvalue weighted by Crippen LogP contribution is -2.52. The third kappa shape index (κ3) is 5.73. The van der Waals surface area contributed by atoms with Gasteiger partial charge in [0.15, 0.2) is 0 Å². The summed E-state index contributed by atoms with van der Waals surface area (Å²) in [6.07, 6.45) is 3.75. The molecule has 2 amide bonds. The quantitative estimate of drug-likeness (QED) is 0.597. The zero-order chi connectivity index (χ0) is 24.1. The molecule has 0 bridgehead atoms. The first-order valence-corrected chi connectivity index (χ1v) is 12.3. The number of aromatic nitrogens is 2. The van der Waals surface area contributed by atoms with Crippen LogP contribution in [-0.4, -0.2) is 77.4 Å². The fourth-order valence-electron chi connectivity index (χ4n) is 4.79. The molecule has 1 aromatic heterocycles. The van der Waals surface area contributed by atoms with Crippen molar-refractivity contribution in [2.45, 2.75) is 39.7 Å². The van der Waals surface area contributed by atoms with Crippen LogP contribution in [0.25, 0.3) is 0 Å². The predicted molar refractivity (Wildman–Crippen MR) is 129 cm³/mol. The number of hydrogen-bond acceptors (Lipinski definition) is 5. The standard InChI is InChI=1S/C25H33ClN4O4/c1-3-30-16-22(19(2)27-30)24(32)29-9-5-8-25(17-29,15-23(31)28-10-12-33-13-11-28)18-34-21-7-4-6-20(26)14-21/h4,6-7,14,16H,3,5,8-13,15,17-18H2,1-2H3. The Morgan fingerprint density at radius 2 is 2.00 bits per heavy atom. The Balaban J connectivity index is 1.54. The largest absolute Gasteiger partial charge is 0.493 e. The highest BCUT2D eigenvalue weighted by Crippen LogP contribution is 2.36. The zero-order valence-electron chi connectivity index (χ0n) is 20.0. The Labute approximate surface area is 205 Å². The molecule has 34 heavy (non-hydrogen) atoms. The summed E-state index contributed by atoms with van der Waals surface area (Å²) in [7, 11) is 0. The molecule has 184 valence electrons. The molecule has 2 aromatic rings. The Bertz CT molecular complexity index is 1020. The molecule has 0 saturated carbocycles. The van der Waals surface area contributed by atoms with Crippen LogP contribution < -0.4 is 4.74 Å². The summed E-state index contributed by atoms with van der Waals surface area (Å²) < 4.78 is 13.4. The van der Waals surface area contributed by atoms with Crippen molar-refractivity contribution in [1.29, 1.82) is 0 Å². The number of likely N-dealkylation sites (tertiary alicyclic amines) is 1. The van der Waals surface area contributed by atoms with Crippen LogP contribution in [0, 0.1) is 12.3 Å². The minimum absolute atomic E-state index is 0.0390. The van der Waals surface area contributed by atoms with Gasteiger partial charge in [-0.25, -0.2) is 0 Å². The molecular formula is C25H33ClN4O4. The van der Waals surface area contributed by atoms with Crippen LogP contribution in [0.3, 0.4) is 0 Å². The Kier molecular flexibility index (Phi) is 7.78. The van der Waals surface area contributed by atoms with Crippen LogP contribution in [0.15, 0.2) is 30.5 Å². The number of carbonyl (C=O) groups is 2. The second-order valence-electron chi connectivity index (χ2n) is 9.23. The lowest BCUT2D eigenvalue weighted by atomic mass is 9.77. The van der Waals surface area contributed by atoms with E-state index in [2.05, 4.69) is 5.10 Å². The average Bonchev–Trinajstić information content (AvgIpc) is 3.24. The van der Waals surface area contributed by atoms with Gasteiger partial charge in [-0.05, 0) is 44.9 Å². The number of ether oxygens (including phenoxy) is 2. The van der Waals surface area contributed by atoms with Gasteiger partial charge >= 0.3 is 0 Å². The van der Waals surface area contributed by atoms with Gasteiger partial charge in [-0.2, -0.15) is 5.10 Å². The second kappa shape index (κ2) is 10.8. The van der Waals surface area contributed by atoms with Gasteiger partial charge in [-0.3, -0.25) is 14.3 Å². The van der Waals surface area contributed by atoms with Crippen LogP contribution in [0.1, 0.15) is 42.2 Å². The lowest BCUT2D eigenvalue weighted by Gasteiger charge is -2.43. The first-order chi connectivity index (χ1) is 16.4. The number of amides is 2. The molecule has 1 unspecified atom stereocenters. The van der Waals surface area contributed by atoms with Crippen LogP contribution >= 0.6 is 11.6 Å². The van der Waals surface area contributed by atoms with Crippen LogP contribution in [-0.2, 0) is 16.1 Å². The van der Waals surface area contributed by atoms with Gasteiger partial charge in [0.2, 0.25) is 5.91 Å². The van der Waals surface area contributed by atoms with Crippen molar-refractivity contribution < 1.29 is 19.1 Å². The number of aryl methyl sites for hydroxylation is 2. The highest BCUT2D eigenvalue weighted by molar-refractivity contribution is 6.30. The number of piperidine rings is 1. The van der Waals surface area contributed by atoms with E-state index in [4.69, 9.17) is 21.1 Å². The third-order valence-corrected chi connectivity index (χ3v) is 6.92. The van der Waals surface area contributed by atoms with Crippen molar-refractivity contribution in [3.05, 3.63) is 46.7 Å². The number of halogens is 1. The normalized spacial score (nSPS) is 20.9. The van der Waals surface area contributed by atoms with Gasteiger partial charge in [0.25, 0.3) is 5.91 Å². The smallest absolute Gasteiger partial charge is 0.257 e. The summed E-state index contributed by atoms with van der Waals surface area (Å²) in [5, 5.41) is 5.03. The van der Waals surface area contributed by atoms with Gasteiger partial charge in [0, 0.05) is 55.8 Å². The maximum absolute atomic E-state index is 13.4. The maximum atomic E-state index is 13.4. The molecule has 3 heterocycles. The van der Waals surface area contributed by atoms with Crippen molar-refractivity contribution in [3.63, 3.8) is 0 Å². The van der Waals surface area contributed by atoms with Crippen molar-refractivity contribution in [1.82, 2.24) is 19.6 Å². The molecular weight excluding hydrogens is 456 g/mol. The summed E-state index contributed by atoms with van der Waals surface area (Å²) in [6, 6.07) is 7.27. The molecule has 4 rings (SSSR count). The highest BCUT2D eigenvalue weighted by atomic mass is 35.5. The summed E-state index contributed by atoms with van der Waals surface area (Å²) in [5.41, 5.74) is 0.857.